The van der Waals surface area contributed by atoms with E-state index in [2.05, 4.69) is 10.3 Å². The van der Waals surface area contributed by atoms with Gasteiger partial charge in [0.05, 0.1) is 28.7 Å². The van der Waals surface area contributed by atoms with Crippen molar-refractivity contribution >= 4 is 28.5 Å². The molecular formula is C21H23FN6O2. The number of nitrogens with one attached hydrogen (secondary N) is 1. The SMILES string of the molecule is C[C@H]1COc2c(NC3CCC(N=CC=CN)C3)c(F)c(N)c3c(=O)c(C#N)cn1c23. The van der Waals surface area contributed by atoms with Crippen LogP contribution in [0.2, 0.25) is 0 Å². The van der Waals surface area contributed by atoms with E-state index in [-0.39, 0.29) is 52.8 Å². The lowest BCUT2D eigenvalue weighted by molar-refractivity contribution is 0.247. The van der Waals surface area contributed by atoms with Crippen LogP contribution in [-0.4, -0.2) is 29.5 Å². The summed E-state index contributed by atoms with van der Waals surface area (Å²) in [7, 11) is 0. The van der Waals surface area contributed by atoms with Crippen molar-refractivity contribution in [1.82, 2.24) is 4.57 Å². The number of ether oxygens (including phenoxy) is 1. The molecule has 0 bridgehead atoms. The van der Waals surface area contributed by atoms with Gasteiger partial charge in [0, 0.05) is 18.5 Å². The summed E-state index contributed by atoms with van der Waals surface area (Å²) in [5.41, 5.74) is 11.0. The number of nitriles is 1. The second-order valence-corrected chi connectivity index (χ2v) is 7.70. The van der Waals surface area contributed by atoms with Gasteiger partial charge < -0.3 is 26.1 Å². The van der Waals surface area contributed by atoms with Gasteiger partial charge in [-0.05, 0) is 38.5 Å². The van der Waals surface area contributed by atoms with Crippen LogP contribution in [0.3, 0.4) is 0 Å². The molecular weight excluding hydrogens is 387 g/mol. The van der Waals surface area contributed by atoms with Crippen LogP contribution in [0, 0.1) is 17.1 Å². The Balaban J connectivity index is 1.79. The summed E-state index contributed by atoms with van der Waals surface area (Å²) in [5.74, 6) is -0.474. The molecule has 8 nitrogen and oxygen atoms in total. The van der Waals surface area contributed by atoms with Crippen LogP contribution in [0.5, 0.6) is 5.75 Å². The molecule has 2 unspecified atom stereocenters. The van der Waals surface area contributed by atoms with Gasteiger partial charge >= 0.3 is 0 Å². The molecule has 5 N–H and O–H groups in total. The quantitative estimate of drug-likeness (QED) is 0.524. The van der Waals surface area contributed by atoms with E-state index in [1.807, 2.05) is 13.0 Å². The summed E-state index contributed by atoms with van der Waals surface area (Å²) in [6.45, 7) is 2.19. The zero-order valence-corrected chi connectivity index (χ0v) is 16.6. The Bertz CT molecular complexity index is 1160. The Hall–Kier alpha value is -3.54. The molecule has 2 aromatic rings. The summed E-state index contributed by atoms with van der Waals surface area (Å²) in [4.78, 5) is 17.2. The fourth-order valence-electron chi connectivity index (χ4n) is 4.21. The molecule has 1 aromatic heterocycles. The number of hydrogen-bond acceptors (Lipinski definition) is 7. The van der Waals surface area contributed by atoms with Gasteiger partial charge in [0.2, 0.25) is 5.43 Å². The number of nitrogens with two attached hydrogens (primary N) is 2. The minimum Gasteiger partial charge on any atom is -0.487 e. The molecule has 156 valence electrons. The third kappa shape index (κ3) is 3.14. The molecule has 1 aromatic carbocycles. The number of anilines is 2. The zero-order chi connectivity index (χ0) is 21.4. The first-order chi connectivity index (χ1) is 14.5. The number of benzene rings is 1. The van der Waals surface area contributed by atoms with Crippen molar-refractivity contribution in [1.29, 1.82) is 5.26 Å². The second-order valence-electron chi connectivity index (χ2n) is 7.70. The topological polar surface area (TPSA) is 131 Å². The number of halogens is 1. The maximum Gasteiger partial charge on any atom is 0.209 e. The van der Waals surface area contributed by atoms with E-state index in [0.29, 0.717) is 5.52 Å². The summed E-state index contributed by atoms with van der Waals surface area (Å²) in [6.07, 6.45) is 8.64. The Kier molecular flexibility index (Phi) is 5.08. The monoisotopic (exact) mass is 410 g/mol. The molecule has 0 amide bonds. The number of nitrogen functional groups attached to an aromatic ring is 1. The van der Waals surface area contributed by atoms with E-state index < -0.39 is 11.2 Å². The van der Waals surface area contributed by atoms with Gasteiger partial charge in [-0.3, -0.25) is 9.79 Å². The van der Waals surface area contributed by atoms with Crippen LogP contribution in [0.4, 0.5) is 15.8 Å². The summed E-state index contributed by atoms with van der Waals surface area (Å²) < 4.78 is 22.9. The van der Waals surface area contributed by atoms with E-state index >= 15 is 4.39 Å². The van der Waals surface area contributed by atoms with Gasteiger partial charge in [0.15, 0.2) is 11.6 Å². The number of allylic oxidation sites excluding steroid dienone is 1. The minimum atomic E-state index is -0.733. The largest absolute Gasteiger partial charge is 0.487 e. The molecule has 1 aliphatic heterocycles. The van der Waals surface area contributed by atoms with Crippen molar-refractivity contribution in [3.63, 3.8) is 0 Å². The van der Waals surface area contributed by atoms with Crippen molar-refractivity contribution in [2.45, 2.75) is 44.3 Å². The van der Waals surface area contributed by atoms with Crippen LogP contribution in [0.1, 0.15) is 37.8 Å². The van der Waals surface area contributed by atoms with Gasteiger partial charge in [-0.15, -0.1) is 0 Å². The Morgan fingerprint density at radius 2 is 2.27 bits per heavy atom. The van der Waals surface area contributed by atoms with Crippen LogP contribution < -0.4 is 26.9 Å². The predicted octanol–water partition coefficient (Wildman–Crippen LogP) is 2.42. The summed E-state index contributed by atoms with van der Waals surface area (Å²) in [6, 6.07) is 1.85. The highest BCUT2D eigenvalue weighted by molar-refractivity contribution is 6.00. The molecule has 1 saturated carbocycles. The highest BCUT2D eigenvalue weighted by Gasteiger charge is 2.32. The van der Waals surface area contributed by atoms with Crippen LogP contribution in [0.25, 0.3) is 10.9 Å². The Morgan fingerprint density at radius 1 is 1.47 bits per heavy atom. The smallest absolute Gasteiger partial charge is 0.209 e. The Labute approximate surface area is 172 Å². The first kappa shape index (κ1) is 19.8. The highest BCUT2D eigenvalue weighted by atomic mass is 19.1. The van der Waals surface area contributed by atoms with Gasteiger partial charge in [0.1, 0.15) is 23.9 Å². The molecule has 0 saturated heterocycles. The Morgan fingerprint density at radius 3 is 3.00 bits per heavy atom. The van der Waals surface area contributed by atoms with Gasteiger partial charge in [0.25, 0.3) is 0 Å². The highest BCUT2D eigenvalue weighted by Crippen LogP contribution is 2.44. The number of nitrogens with zero attached hydrogens (tertiary/aromatic N) is 3. The first-order valence-corrected chi connectivity index (χ1v) is 9.85. The maximum atomic E-state index is 15.3. The number of pyridine rings is 1. The van der Waals surface area contributed by atoms with Crippen molar-refractivity contribution in [2.24, 2.45) is 10.7 Å². The predicted molar refractivity (Wildman–Crippen MR) is 114 cm³/mol. The van der Waals surface area contributed by atoms with Crippen LogP contribution in [0.15, 0.2) is 28.3 Å². The van der Waals surface area contributed by atoms with E-state index in [9.17, 15) is 10.1 Å². The van der Waals surface area contributed by atoms with Crippen LogP contribution in [-0.2, 0) is 0 Å². The summed E-state index contributed by atoms with van der Waals surface area (Å²) in [5, 5.41) is 12.5. The van der Waals surface area contributed by atoms with Crippen molar-refractivity contribution < 1.29 is 9.13 Å². The molecule has 2 heterocycles. The molecule has 0 radical (unpaired) electrons. The van der Waals surface area contributed by atoms with E-state index in [0.717, 1.165) is 19.3 Å². The molecule has 0 spiro atoms. The fraction of sp³-hybridized carbons (Fsp3) is 0.381. The van der Waals surface area contributed by atoms with Crippen LogP contribution >= 0.6 is 0 Å². The van der Waals surface area contributed by atoms with Gasteiger partial charge in [-0.25, -0.2) is 4.39 Å². The van der Waals surface area contributed by atoms with Crippen molar-refractivity contribution in [3.05, 3.63) is 40.1 Å². The van der Waals surface area contributed by atoms with Crippen molar-refractivity contribution in [2.75, 3.05) is 17.7 Å². The molecule has 1 fully saturated rings. The maximum absolute atomic E-state index is 15.3. The summed E-state index contributed by atoms with van der Waals surface area (Å²) >= 11 is 0. The third-order valence-electron chi connectivity index (χ3n) is 5.71. The fourth-order valence-corrected chi connectivity index (χ4v) is 4.21. The normalized spacial score (nSPS) is 23.2. The van der Waals surface area contributed by atoms with E-state index in [4.69, 9.17) is 16.2 Å². The number of aliphatic imine (C=N–C) groups is 1. The minimum absolute atomic E-state index is 0.0129. The molecule has 2 aliphatic rings. The number of hydrogen-bond donors (Lipinski definition) is 3. The molecule has 1 aliphatic carbocycles. The molecule has 3 atom stereocenters. The average molecular weight is 410 g/mol. The third-order valence-corrected chi connectivity index (χ3v) is 5.71. The lowest BCUT2D eigenvalue weighted by Gasteiger charge is -2.30. The average Bonchev–Trinajstić information content (AvgIpc) is 3.18. The van der Waals surface area contributed by atoms with Crippen molar-refractivity contribution in [3.8, 4) is 11.8 Å². The standard InChI is InChI=1S/C21H23FN6O2/c1-11-10-30-21-18(27-14-4-3-13(7-14)26-6-2-5-23)16(22)17(25)15-19(21)28(11)9-12(8-24)20(15)29/h2,5-6,9,11,13-14,27H,3-4,7,10,23,25H2,1H3/t11-,13?,14?/m0/s1. The second kappa shape index (κ2) is 7.71. The zero-order valence-electron chi connectivity index (χ0n) is 16.6. The molecule has 9 heteroatoms. The van der Waals surface area contributed by atoms with E-state index in [1.54, 1.807) is 16.9 Å². The van der Waals surface area contributed by atoms with Gasteiger partial charge in [-0.1, -0.05) is 0 Å². The lowest BCUT2D eigenvalue weighted by atomic mass is 10.0. The van der Waals surface area contributed by atoms with E-state index in [1.165, 1.54) is 12.4 Å². The molecule has 4 rings (SSSR count). The number of aromatic nitrogens is 1. The first-order valence-electron chi connectivity index (χ1n) is 9.85. The lowest BCUT2D eigenvalue weighted by Crippen LogP contribution is -2.27. The molecule has 30 heavy (non-hydrogen) atoms. The number of rotatable bonds is 4. The van der Waals surface area contributed by atoms with Gasteiger partial charge in [-0.2, -0.15) is 5.26 Å².